The van der Waals surface area contributed by atoms with Gasteiger partial charge < -0.3 is 9.84 Å². The van der Waals surface area contributed by atoms with Gasteiger partial charge in [0.15, 0.2) is 0 Å². The van der Waals surface area contributed by atoms with E-state index in [0.717, 1.165) is 12.8 Å². The Morgan fingerprint density at radius 1 is 1.35 bits per heavy atom. The molecule has 0 aromatic heterocycles. The fourth-order valence-corrected chi connectivity index (χ4v) is 2.49. The second kappa shape index (κ2) is 7.39. The van der Waals surface area contributed by atoms with Crippen LogP contribution in [0.2, 0.25) is 0 Å². The summed E-state index contributed by atoms with van der Waals surface area (Å²) in [5, 5.41) is 10.9. The van der Waals surface area contributed by atoms with Crippen LogP contribution in [0, 0.1) is 11.7 Å². The number of ether oxygens (including phenoxy) is 1. The Hall–Kier alpha value is -1.42. The van der Waals surface area contributed by atoms with Crippen LogP contribution in [0.15, 0.2) is 24.3 Å². The third-order valence-corrected chi connectivity index (χ3v) is 3.79. The van der Waals surface area contributed by atoms with Gasteiger partial charge >= 0.3 is 5.97 Å². The van der Waals surface area contributed by atoms with Crippen LogP contribution in [-0.2, 0) is 15.1 Å². The summed E-state index contributed by atoms with van der Waals surface area (Å²) in [5.74, 6) is -1.43. The number of carbonyl (C=O) groups excluding carboxylic acids is 1. The van der Waals surface area contributed by atoms with Crippen molar-refractivity contribution in [2.75, 3.05) is 7.11 Å². The summed E-state index contributed by atoms with van der Waals surface area (Å²) in [6, 6.07) is 5.65. The lowest BCUT2D eigenvalue weighted by molar-refractivity contribution is -0.158. The first-order valence-corrected chi connectivity index (χ1v) is 7.05. The third-order valence-electron chi connectivity index (χ3n) is 3.79. The largest absolute Gasteiger partial charge is 0.469 e. The Morgan fingerprint density at radius 3 is 2.40 bits per heavy atom. The Bertz CT molecular complexity index is 430. The van der Waals surface area contributed by atoms with Crippen molar-refractivity contribution in [3.05, 3.63) is 35.6 Å². The molecule has 0 aliphatic carbocycles. The van der Waals surface area contributed by atoms with Crippen molar-refractivity contribution in [2.24, 2.45) is 5.92 Å². The molecule has 0 saturated heterocycles. The van der Waals surface area contributed by atoms with Crippen molar-refractivity contribution >= 4 is 5.97 Å². The van der Waals surface area contributed by atoms with E-state index in [4.69, 9.17) is 4.74 Å². The summed E-state index contributed by atoms with van der Waals surface area (Å²) in [4.78, 5) is 12.0. The number of esters is 1. The van der Waals surface area contributed by atoms with Gasteiger partial charge in [-0.2, -0.15) is 0 Å². The van der Waals surface area contributed by atoms with E-state index in [-0.39, 0.29) is 5.82 Å². The van der Waals surface area contributed by atoms with Crippen molar-refractivity contribution in [1.82, 2.24) is 0 Å². The molecule has 0 amide bonds. The maximum absolute atomic E-state index is 13.0. The highest BCUT2D eigenvalue weighted by Crippen LogP contribution is 2.37. The fourth-order valence-electron chi connectivity index (χ4n) is 2.49. The van der Waals surface area contributed by atoms with Crippen LogP contribution in [0.3, 0.4) is 0 Å². The number of aliphatic hydroxyl groups is 1. The van der Waals surface area contributed by atoms with Crippen molar-refractivity contribution in [3.8, 4) is 0 Å². The molecule has 4 heteroatoms. The highest BCUT2D eigenvalue weighted by molar-refractivity contribution is 5.74. The second-order valence-corrected chi connectivity index (χ2v) is 5.00. The predicted octanol–water partition coefficient (Wildman–Crippen LogP) is 3.40. The molecule has 3 nitrogen and oxygen atoms in total. The Balaban J connectivity index is 3.14. The van der Waals surface area contributed by atoms with Gasteiger partial charge in [0.1, 0.15) is 11.4 Å². The maximum Gasteiger partial charge on any atom is 0.311 e. The molecule has 0 aliphatic rings. The number of rotatable bonds is 7. The Morgan fingerprint density at radius 2 is 1.95 bits per heavy atom. The first-order valence-electron chi connectivity index (χ1n) is 7.05. The fraction of sp³-hybridized carbons (Fsp3) is 0.562. The summed E-state index contributed by atoms with van der Waals surface area (Å²) in [6.07, 6.45) is 2.66. The number of methoxy groups -OCH3 is 1. The first kappa shape index (κ1) is 16.6. The molecule has 0 saturated carbocycles. The molecule has 0 heterocycles. The third kappa shape index (κ3) is 3.57. The van der Waals surface area contributed by atoms with Crippen LogP contribution in [0.4, 0.5) is 4.39 Å². The van der Waals surface area contributed by atoms with Crippen molar-refractivity contribution < 1.29 is 19.0 Å². The lowest BCUT2D eigenvalue weighted by Crippen LogP contribution is -2.40. The number of carbonyl (C=O) groups is 1. The molecule has 112 valence electrons. The maximum atomic E-state index is 13.0. The van der Waals surface area contributed by atoms with Crippen molar-refractivity contribution in [1.29, 1.82) is 0 Å². The van der Waals surface area contributed by atoms with E-state index in [1.54, 1.807) is 0 Å². The van der Waals surface area contributed by atoms with Gasteiger partial charge in [-0.05, 0) is 30.5 Å². The molecule has 1 aromatic carbocycles. The van der Waals surface area contributed by atoms with Crippen LogP contribution in [0.1, 0.15) is 45.1 Å². The quantitative estimate of drug-likeness (QED) is 0.780. The zero-order valence-electron chi connectivity index (χ0n) is 12.4. The van der Waals surface area contributed by atoms with Crippen LogP contribution < -0.4 is 0 Å². The number of unbranched alkanes of at least 4 members (excludes halogenated alkanes) is 1. The van der Waals surface area contributed by atoms with Crippen LogP contribution in [0.25, 0.3) is 0 Å². The Labute approximate surface area is 119 Å². The molecule has 1 aromatic rings. The number of hydrogen-bond acceptors (Lipinski definition) is 3. The highest BCUT2D eigenvalue weighted by Gasteiger charge is 2.41. The lowest BCUT2D eigenvalue weighted by Gasteiger charge is -2.34. The topological polar surface area (TPSA) is 46.5 Å². The normalized spacial score (nSPS) is 15.4. The van der Waals surface area contributed by atoms with Crippen LogP contribution in [-0.4, -0.2) is 18.2 Å². The molecule has 20 heavy (non-hydrogen) atoms. The minimum atomic E-state index is -1.32. The average molecular weight is 282 g/mol. The molecular formula is C16H23FO3. The van der Waals surface area contributed by atoms with Crippen LogP contribution >= 0.6 is 0 Å². The minimum Gasteiger partial charge on any atom is -0.469 e. The van der Waals surface area contributed by atoms with Gasteiger partial charge in [0.2, 0.25) is 0 Å². The molecule has 0 fully saturated rings. The van der Waals surface area contributed by atoms with Gasteiger partial charge in [0.25, 0.3) is 0 Å². The second-order valence-electron chi connectivity index (χ2n) is 5.00. The number of hydrogen-bond donors (Lipinski definition) is 1. The number of benzene rings is 1. The monoisotopic (exact) mass is 282 g/mol. The van der Waals surface area contributed by atoms with E-state index in [2.05, 4.69) is 0 Å². The molecular weight excluding hydrogens is 259 g/mol. The Kier molecular flexibility index (Phi) is 6.14. The zero-order chi connectivity index (χ0) is 15.2. The molecule has 2 atom stereocenters. The molecule has 0 spiro atoms. The van der Waals surface area contributed by atoms with Gasteiger partial charge in [-0.1, -0.05) is 38.8 Å². The van der Waals surface area contributed by atoms with E-state index < -0.39 is 17.5 Å². The van der Waals surface area contributed by atoms with Crippen molar-refractivity contribution in [2.45, 2.75) is 45.1 Å². The van der Waals surface area contributed by atoms with Gasteiger partial charge in [0, 0.05) is 0 Å². The SMILES string of the molecule is CCCCC(C(=O)OC)C(O)(CC)c1ccc(F)cc1. The van der Waals surface area contributed by atoms with E-state index in [0.29, 0.717) is 18.4 Å². The van der Waals surface area contributed by atoms with Gasteiger partial charge in [-0.3, -0.25) is 4.79 Å². The van der Waals surface area contributed by atoms with E-state index in [9.17, 15) is 14.3 Å². The minimum absolute atomic E-state index is 0.363. The molecule has 1 rings (SSSR count). The van der Waals surface area contributed by atoms with Crippen molar-refractivity contribution in [3.63, 3.8) is 0 Å². The van der Waals surface area contributed by atoms with E-state index >= 15 is 0 Å². The predicted molar refractivity (Wildman–Crippen MR) is 75.6 cm³/mol. The zero-order valence-corrected chi connectivity index (χ0v) is 12.4. The molecule has 0 aliphatic heterocycles. The standard InChI is InChI=1S/C16H23FO3/c1-4-6-7-14(15(18)20-3)16(19,5-2)12-8-10-13(17)11-9-12/h8-11,14,19H,4-7H2,1-3H3. The molecule has 0 bridgehead atoms. The smallest absolute Gasteiger partial charge is 0.311 e. The molecule has 1 N–H and O–H groups in total. The summed E-state index contributed by atoms with van der Waals surface area (Å²) < 4.78 is 17.9. The molecule has 0 radical (unpaired) electrons. The lowest BCUT2D eigenvalue weighted by atomic mass is 9.76. The summed E-state index contributed by atoms with van der Waals surface area (Å²) >= 11 is 0. The number of halogens is 1. The van der Waals surface area contributed by atoms with Crippen LogP contribution in [0.5, 0.6) is 0 Å². The summed E-state index contributed by atoms with van der Waals surface area (Å²) in [6.45, 7) is 3.84. The summed E-state index contributed by atoms with van der Waals surface area (Å²) in [5.41, 5.74) is -0.774. The first-order chi connectivity index (χ1) is 9.49. The van der Waals surface area contributed by atoms with Gasteiger partial charge in [-0.15, -0.1) is 0 Å². The van der Waals surface area contributed by atoms with E-state index in [1.807, 2.05) is 13.8 Å². The summed E-state index contributed by atoms with van der Waals surface area (Å²) in [7, 11) is 1.32. The van der Waals surface area contributed by atoms with Gasteiger partial charge in [-0.25, -0.2) is 4.39 Å². The molecule has 2 unspecified atom stereocenters. The van der Waals surface area contributed by atoms with E-state index in [1.165, 1.54) is 31.4 Å². The van der Waals surface area contributed by atoms with Gasteiger partial charge in [0.05, 0.1) is 13.0 Å². The highest BCUT2D eigenvalue weighted by atomic mass is 19.1. The average Bonchev–Trinajstić information content (AvgIpc) is 2.47.